The van der Waals surface area contributed by atoms with Crippen molar-refractivity contribution in [1.29, 1.82) is 0 Å². The Bertz CT molecular complexity index is 884. The first-order valence-electron chi connectivity index (χ1n) is 7.86. The molecule has 1 aromatic heterocycles. The van der Waals surface area contributed by atoms with Gasteiger partial charge in [0.1, 0.15) is 11.9 Å². The van der Waals surface area contributed by atoms with Crippen LogP contribution in [0.4, 0.5) is 11.5 Å². The van der Waals surface area contributed by atoms with E-state index in [1.54, 1.807) is 12.1 Å². The van der Waals surface area contributed by atoms with Gasteiger partial charge in [0, 0.05) is 5.69 Å². The Morgan fingerprint density at radius 2 is 1.54 bits per heavy atom. The molecule has 0 fully saturated rings. The normalized spacial score (nSPS) is 11.4. The number of amides is 1. The van der Waals surface area contributed by atoms with Gasteiger partial charge in [-0.05, 0) is 17.7 Å². The van der Waals surface area contributed by atoms with Gasteiger partial charge in [-0.25, -0.2) is 14.8 Å². The number of hydrogen-bond acceptors (Lipinski definition) is 5. The molecule has 0 aliphatic heterocycles. The minimum atomic E-state index is -1.16. The number of para-hydroxylation sites is 1. The predicted molar refractivity (Wildman–Crippen MR) is 96.9 cm³/mol. The van der Waals surface area contributed by atoms with Gasteiger partial charge in [0.05, 0.1) is 12.4 Å². The summed E-state index contributed by atoms with van der Waals surface area (Å²) in [4.78, 5) is 31.5. The molecule has 7 nitrogen and oxygen atoms in total. The molecule has 1 amide bonds. The van der Waals surface area contributed by atoms with Crippen LogP contribution in [0.1, 0.15) is 22.1 Å². The van der Waals surface area contributed by atoms with Crippen molar-refractivity contribution in [3.05, 3.63) is 84.3 Å². The van der Waals surface area contributed by atoms with E-state index in [2.05, 4.69) is 20.6 Å². The van der Waals surface area contributed by atoms with Crippen molar-refractivity contribution in [3.63, 3.8) is 0 Å². The fourth-order valence-corrected chi connectivity index (χ4v) is 2.34. The lowest BCUT2D eigenvalue weighted by Crippen LogP contribution is -2.27. The van der Waals surface area contributed by atoms with Gasteiger partial charge in [-0.3, -0.25) is 4.79 Å². The second kappa shape index (κ2) is 7.89. The summed E-state index contributed by atoms with van der Waals surface area (Å²) in [7, 11) is 0. The number of aromatic carboxylic acids is 1. The highest BCUT2D eigenvalue weighted by atomic mass is 16.4. The van der Waals surface area contributed by atoms with Crippen molar-refractivity contribution < 1.29 is 14.7 Å². The Hall–Kier alpha value is -3.74. The van der Waals surface area contributed by atoms with Crippen LogP contribution in [0.15, 0.2) is 73.1 Å². The fourth-order valence-electron chi connectivity index (χ4n) is 2.34. The fraction of sp³-hybridized carbons (Fsp3) is 0.0526. The minimum Gasteiger partial charge on any atom is -0.476 e. The molecule has 2 aromatic carbocycles. The third-order valence-electron chi connectivity index (χ3n) is 3.60. The highest BCUT2D eigenvalue weighted by molar-refractivity contribution is 5.97. The average molecular weight is 348 g/mol. The number of carbonyl (C=O) groups excluding carboxylic acids is 1. The van der Waals surface area contributed by atoms with Gasteiger partial charge in [0.2, 0.25) is 0 Å². The van der Waals surface area contributed by atoms with Gasteiger partial charge >= 0.3 is 5.97 Å². The van der Waals surface area contributed by atoms with Crippen LogP contribution in [0.25, 0.3) is 0 Å². The maximum Gasteiger partial charge on any atom is 0.356 e. The van der Waals surface area contributed by atoms with Gasteiger partial charge in [-0.1, -0.05) is 48.5 Å². The summed E-state index contributed by atoms with van der Waals surface area (Å²) in [5.74, 6) is -1.14. The number of hydrogen-bond donors (Lipinski definition) is 3. The molecule has 26 heavy (non-hydrogen) atoms. The Kier molecular flexibility index (Phi) is 5.19. The summed E-state index contributed by atoms with van der Waals surface area (Å²) in [6.07, 6.45) is 2.43. The molecular weight excluding hydrogens is 332 g/mol. The van der Waals surface area contributed by atoms with Gasteiger partial charge in [0.15, 0.2) is 5.69 Å². The third kappa shape index (κ3) is 4.21. The van der Waals surface area contributed by atoms with Crippen LogP contribution in [0.2, 0.25) is 0 Å². The number of carboxylic acids is 1. The van der Waals surface area contributed by atoms with Gasteiger partial charge in [0.25, 0.3) is 5.91 Å². The van der Waals surface area contributed by atoms with Gasteiger partial charge in [-0.15, -0.1) is 0 Å². The molecule has 7 heteroatoms. The van der Waals surface area contributed by atoms with Crippen molar-refractivity contribution in [1.82, 2.24) is 9.97 Å². The molecule has 1 atom stereocenters. The summed E-state index contributed by atoms with van der Waals surface area (Å²) < 4.78 is 0. The zero-order chi connectivity index (χ0) is 18.4. The molecule has 0 saturated carbocycles. The van der Waals surface area contributed by atoms with E-state index in [-0.39, 0.29) is 11.6 Å². The zero-order valence-electron chi connectivity index (χ0n) is 13.7. The topological polar surface area (TPSA) is 104 Å². The van der Waals surface area contributed by atoms with Crippen LogP contribution in [0.5, 0.6) is 0 Å². The highest BCUT2D eigenvalue weighted by Gasteiger charge is 2.21. The molecule has 0 saturated heterocycles. The molecule has 0 spiro atoms. The molecule has 1 unspecified atom stereocenters. The van der Waals surface area contributed by atoms with Crippen LogP contribution < -0.4 is 10.6 Å². The lowest BCUT2D eigenvalue weighted by Gasteiger charge is -2.19. The van der Waals surface area contributed by atoms with Crippen LogP contribution >= 0.6 is 0 Å². The van der Waals surface area contributed by atoms with Crippen LogP contribution in [-0.2, 0) is 4.79 Å². The summed E-state index contributed by atoms with van der Waals surface area (Å²) in [5, 5.41) is 14.8. The van der Waals surface area contributed by atoms with Gasteiger partial charge in [-0.2, -0.15) is 0 Å². The van der Waals surface area contributed by atoms with E-state index in [0.29, 0.717) is 11.5 Å². The van der Waals surface area contributed by atoms with E-state index >= 15 is 0 Å². The first kappa shape index (κ1) is 17.1. The van der Waals surface area contributed by atoms with E-state index in [1.165, 1.54) is 6.20 Å². The highest BCUT2D eigenvalue weighted by Crippen LogP contribution is 2.20. The first-order chi connectivity index (χ1) is 12.6. The van der Waals surface area contributed by atoms with Crippen molar-refractivity contribution >= 4 is 23.4 Å². The Morgan fingerprint density at radius 1 is 0.885 bits per heavy atom. The Morgan fingerprint density at radius 3 is 2.12 bits per heavy atom. The van der Waals surface area contributed by atoms with Crippen LogP contribution in [-0.4, -0.2) is 27.0 Å². The maximum absolute atomic E-state index is 12.8. The monoisotopic (exact) mass is 348 g/mol. The smallest absolute Gasteiger partial charge is 0.356 e. The second-order valence-electron chi connectivity index (χ2n) is 5.44. The zero-order valence-corrected chi connectivity index (χ0v) is 13.7. The number of carboxylic acid groups (broad SMARTS) is 1. The standard InChI is InChI=1S/C19H16N4O3/c24-18(22-14-9-5-2-6-10-14)17(13-7-3-1-4-8-13)23-16-12-20-15(11-21-16)19(25)26/h1-12,17H,(H,21,23)(H,22,24)(H,25,26). The number of benzene rings is 2. The summed E-state index contributed by atoms with van der Waals surface area (Å²) in [6, 6.07) is 17.6. The van der Waals surface area contributed by atoms with E-state index in [9.17, 15) is 9.59 Å². The number of aromatic nitrogens is 2. The molecule has 0 radical (unpaired) electrons. The lowest BCUT2D eigenvalue weighted by atomic mass is 10.1. The number of rotatable bonds is 6. The molecule has 130 valence electrons. The first-order valence-corrected chi connectivity index (χ1v) is 7.86. The SMILES string of the molecule is O=C(O)c1cnc(NC(C(=O)Nc2ccccc2)c2ccccc2)cn1. The van der Waals surface area contributed by atoms with Crippen molar-refractivity contribution in [2.75, 3.05) is 10.6 Å². The predicted octanol–water partition coefficient (Wildman–Crippen LogP) is 2.97. The number of anilines is 2. The number of carbonyl (C=O) groups is 2. The summed E-state index contributed by atoms with van der Waals surface area (Å²) in [5.41, 5.74) is 1.25. The Balaban J connectivity index is 1.84. The number of nitrogens with one attached hydrogen (secondary N) is 2. The molecular formula is C19H16N4O3. The molecule has 0 aliphatic rings. The Labute approximate surface area is 149 Å². The van der Waals surface area contributed by atoms with Crippen molar-refractivity contribution in [3.8, 4) is 0 Å². The summed E-state index contributed by atoms with van der Waals surface area (Å²) in [6.45, 7) is 0. The largest absolute Gasteiger partial charge is 0.476 e. The van der Waals surface area contributed by atoms with Crippen LogP contribution in [0.3, 0.4) is 0 Å². The van der Waals surface area contributed by atoms with Crippen molar-refractivity contribution in [2.24, 2.45) is 0 Å². The van der Waals surface area contributed by atoms with E-state index in [0.717, 1.165) is 11.8 Å². The van der Waals surface area contributed by atoms with Crippen LogP contribution in [0, 0.1) is 0 Å². The number of nitrogens with zero attached hydrogens (tertiary/aromatic N) is 2. The molecule has 3 rings (SSSR count). The van der Waals surface area contributed by atoms with Gasteiger partial charge < -0.3 is 15.7 Å². The average Bonchev–Trinajstić information content (AvgIpc) is 2.68. The minimum absolute atomic E-state index is 0.166. The quantitative estimate of drug-likeness (QED) is 0.633. The molecule has 1 heterocycles. The van der Waals surface area contributed by atoms with E-state index in [1.807, 2.05) is 48.5 Å². The third-order valence-corrected chi connectivity index (χ3v) is 3.60. The summed E-state index contributed by atoms with van der Waals surface area (Å²) >= 11 is 0. The van der Waals surface area contributed by atoms with E-state index < -0.39 is 12.0 Å². The molecule has 0 bridgehead atoms. The van der Waals surface area contributed by atoms with E-state index in [4.69, 9.17) is 5.11 Å². The maximum atomic E-state index is 12.8. The van der Waals surface area contributed by atoms with Crippen molar-refractivity contribution in [2.45, 2.75) is 6.04 Å². The second-order valence-corrected chi connectivity index (χ2v) is 5.44. The molecule has 0 aliphatic carbocycles. The molecule has 3 aromatic rings. The lowest BCUT2D eigenvalue weighted by molar-refractivity contribution is -0.117. The molecule has 3 N–H and O–H groups in total.